The normalized spacial score (nSPS) is 17.5. The highest BCUT2D eigenvalue weighted by molar-refractivity contribution is 6.99. The number of nitrogens with two attached hydrogens (primary N) is 1. The van der Waals surface area contributed by atoms with Crippen LogP contribution >= 0.6 is 0 Å². The van der Waals surface area contributed by atoms with Gasteiger partial charge in [0.1, 0.15) is 17.7 Å². The number of nitrogens with zero attached hydrogens (tertiary/aromatic N) is 1. The Labute approximate surface area is 238 Å². The lowest BCUT2D eigenvalue weighted by molar-refractivity contribution is -0.161. The van der Waals surface area contributed by atoms with Crippen LogP contribution in [0.4, 0.5) is 4.79 Å². The van der Waals surface area contributed by atoms with Crippen molar-refractivity contribution in [1.29, 1.82) is 0 Å². The molecule has 0 bridgehead atoms. The van der Waals surface area contributed by atoms with Gasteiger partial charge in [-0.25, -0.2) is 9.86 Å². The van der Waals surface area contributed by atoms with Gasteiger partial charge in [-0.05, 0) is 55.4 Å². The summed E-state index contributed by atoms with van der Waals surface area (Å²) in [5.41, 5.74) is 5.07. The quantitative estimate of drug-likeness (QED) is 0.421. The van der Waals surface area contributed by atoms with Gasteiger partial charge in [0.15, 0.2) is 0 Å². The van der Waals surface area contributed by atoms with E-state index in [1.54, 1.807) is 20.8 Å². The van der Waals surface area contributed by atoms with E-state index in [4.69, 9.17) is 15.0 Å². The van der Waals surface area contributed by atoms with Gasteiger partial charge >= 0.3 is 6.09 Å². The number of ether oxygens (including phenoxy) is 1. The molecule has 4 N–H and O–H groups in total. The Bertz CT molecular complexity index is 1110. The van der Waals surface area contributed by atoms with E-state index in [0.717, 1.165) is 23.2 Å². The molecule has 2 aromatic carbocycles. The molecular formula is C30H44N4O5Si. The van der Waals surface area contributed by atoms with E-state index in [1.807, 2.05) is 36.4 Å². The molecule has 2 aromatic rings. The van der Waals surface area contributed by atoms with Gasteiger partial charge < -0.3 is 25.6 Å². The number of nitrogens with one attached hydrogen (secondary N) is 2. The van der Waals surface area contributed by atoms with Gasteiger partial charge in [0, 0.05) is 13.1 Å². The fourth-order valence-electron chi connectivity index (χ4n) is 4.98. The second-order valence-electron chi connectivity index (χ2n) is 12.2. The summed E-state index contributed by atoms with van der Waals surface area (Å²) < 4.78 is 12.2. The summed E-state index contributed by atoms with van der Waals surface area (Å²) in [6.07, 6.45) is 1.16. The van der Waals surface area contributed by atoms with Crippen LogP contribution in [0, 0.1) is 0 Å². The van der Waals surface area contributed by atoms with Crippen LogP contribution in [0.1, 0.15) is 60.8 Å². The standard InChI is InChI=1S/C30H44N4O5Si/c1-29(2,3)38-28(37)33-25(21-31)26(35)32-24-19-13-14-20-34(27(24)36)39-40(30(4,5)6,22-15-9-7-10-16-22)23-17-11-8-12-18-23/h7-12,15-18,24-25H,13-14,19-21,31H2,1-6H3,(H,32,35)(H,33,37)/t24-,25-/m0/s1. The second-order valence-corrected chi connectivity index (χ2v) is 16.4. The van der Waals surface area contributed by atoms with Crippen molar-refractivity contribution in [1.82, 2.24) is 15.7 Å². The van der Waals surface area contributed by atoms with Crippen LogP contribution in [0.25, 0.3) is 0 Å². The largest absolute Gasteiger partial charge is 0.444 e. The third-order valence-electron chi connectivity index (χ3n) is 6.87. The molecule has 0 spiro atoms. The zero-order valence-electron chi connectivity index (χ0n) is 24.5. The maximum atomic E-state index is 13.9. The Morgan fingerprint density at radius 3 is 2.00 bits per heavy atom. The molecule has 0 unspecified atom stereocenters. The van der Waals surface area contributed by atoms with Crippen molar-refractivity contribution < 1.29 is 23.6 Å². The van der Waals surface area contributed by atoms with Crippen LogP contribution in [0.3, 0.4) is 0 Å². The lowest BCUT2D eigenvalue weighted by atomic mass is 10.1. The topological polar surface area (TPSA) is 123 Å². The monoisotopic (exact) mass is 568 g/mol. The van der Waals surface area contributed by atoms with E-state index in [2.05, 4.69) is 55.7 Å². The SMILES string of the molecule is CC(C)(C)OC(=O)N[C@@H](CN)C(=O)N[C@H]1CCCCN(O[Si](c2ccccc2)(c2ccccc2)C(C)(C)C)C1=O. The number of alkyl carbamates (subject to hydrolysis) is 1. The van der Waals surface area contributed by atoms with Gasteiger partial charge in [-0.15, -0.1) is 0 Å². The average Bonchev–Trinajstić information content (AvgIpc) is 3.05. The van der Waals surface area contributed by atoms with Crippen molar-refractivity contribution in [3.8, 4) is 0 Å². The van der Waals surface area contributed by atoms with Gasteiger partial charge in [0.05, 0.1) is 0 Å². The summed E-state index contributed by atoms with van der Waals surface area (Å²) in [6.45, 7) is 11.9. The fourth-order valence-corrected chi connectivity index (χ4v) is 9.36. The zero-order chi connectivity index (χ0) is 29.6. The number of hydrogen-bond acceptors (Lipinski definition) is 6. The summed E-state index contributed by atoms with van der Waals surface area (Å²) in [5.74, 6) is -0.856. The first-order valence-corrected chi connectivity index (χ1v) is 15.8. The molecule has 3 rings (SSSR count). The molecule has 1 saturated heterocycles. The highest BCUT2D eigenvalue weighted by atomic mass is 28.4. The van der Waals surface area contributed by atoms with Crippen LogP contribution in [-0.4, -0.2) is 62.1 Å². The molecule has 1 aliphatic heterocycles. The number of hydroxylamine groups is 2. The molecule has 3 amide bonds. The Hall–Kier alpha value is -3.21. The number of benzene rings is 2. The van der Waals surface area contributed by atoms with Crippen LogP contribution in [0.2, 0.25) is 5.04 Å². The summed E-state index contributed by atoms with van der Waals surface area (Å²) in [4.78, 5) is 39.3. The molecule has 40 heavy (non-hydrogen) atoms. The minimum atomic E-state index is -3.04. The molecule has 1 heterocycles. The van der Waals surface area contributed by atoms with Crippen molar-refractivity contribution in [2.75, 3.05) is 13.1 Å². The van der Waals surface area contributed by atoms with E-state index >= 15 is 0 Å². The van der Waals surface area contributed by atoms with E-state index < -0.39 is 38.0 Å². The molecule has 1 fully saturated rings. The van der Waals surface area contributed by atoms with Crippen LogP contribution in [-0.2, 0) is 18.9 Å². The van der Waals surface area contributed by atoms with Crippen molar-refractivity contribution in [3.63, 3.8) is 0 Å². The molecular weight excluding hydrogens is 524 g/mol. The second kappa shape index (κ2) is 13.0. The minimum absolute atomic E-state index is 0.145. The van der Waals surface area contributed by atoms with Gasteiger partial charge in [0.2, 0.25) is 5.91 Å². The van der Waals surface area contributed by atoms with E-state index in [-0.39, 0.29) is 17.5 Å². The molecule has 2 atom stereocenters. The van der Waals surface area contributed by atoms with Crippen molar-refractivity contribution in [2.45, 2.75) is 83.5 Å². The number of carbonyl (C=O) groups excluding carboxylic acids is 3. The first-order chi connectivity index (χ1) is 18.8. The van der Waals surface area contributed by atoms with Crippen molar-refractivity contribution >= 4 is 36.6 Å². The first-order valence-electron chi connectivity index (χ1n) is 13.9. The average molecular weight is 569 g/mol. The van der Waals surface area contributed by atoms with Gasteiger partial charge in [-0.3, -0.25) is 9.59 Å². The number of rotatable bonds is 8. The predicted octanol–water partition coefficient (Wildman–Crippen LogP) is 2.83. The molecule has 218 valence electrons. The summed E-state index contributed by atoms with van der Waals surface area (Å²) in [5, 5.41) is 8.56. The third-order valence-corrected chi connectivity index (χ3v) is 11.8. The van der Waals surface area contributed by atoms with E-state index in [9.17, 15) is 14.4 Å². The summed E-state index contributed by atoms with van der Waals surface area (Å²) in [7, 11) is -3.04. The van der Waals surface area contributed by atoms with Gasteiger partial charge in [0.25, 0.3) is 14.2 Å². The number of amides is 3. The molecule has 0 saturated carbocycles. The number of carbonyl (C=O) groups is 3. The smallest absolute Gasteiger partial charge is 0.408 e. The highest BCUT2D eigenvalue weighted by Crippen LogP contribution is 2.37. The molecule has 9 nitrogen and oxygen atoms in total. The highest BCUT2D eigenvalue weighted by Gasteiger charge is 2.53. The maximum absolute atomic E-state index is 13.9. The van der Waals surface area contributed by atoms with Crippen molar-refractivity contribution in [3.05, 3.63) is 60.7 Å². The number of hydrogen-bond donors (Lipinski definition) is 3. The Balaban J connectivity index is 1.89. The lowest BCUT2D eigenvalue weighted by Crippen LogP contribution is -2.69. The fraction of sp³-hybridized carbons (Fsp3) is 0.500. The maximum Gasteiger partial charge on any atom is 0.408 e. The van der Waals surface area contributed by atoms with Crippen LogP contribution in [0.15, 0.2) is 60.7 Å². The lowest BCUT2D eigenvalue weighted by Gasteiger charge is -2.45. The Morgan fingerprint density at radius 2 is 1.52 bits per heavy atom. The van der Waals surface area contributed by atoms with E-state index in [1.165, 1.54) is 5.06 Å². The van der Waals surface area contributed by atoms with Gasteiger partial charge in [-0.2, -0.15) is 0 Å². The van der Waals surface area contributed by atoms with E-state index in [0.29, 0.717) is 13.0 Å². The first kappa shape index (κ1) is 31.3. The molecule has 0 aromatic heterocycles. The molecule has 10 heteroatoms. The summed E-state index contributed by atoms with van der Waals surface area (Å²) >= 11 is 0. The Morgan fingerprint density at radius 1 is 0.975 bits per heavy atom. The molecule has 1 aliphatic rings. The molecule has 0 radical (unpaired) electrons. The molecule has 0 aliphatic carbocycles. The zero-order valence-corrected chi connectivity index (χ0v) is 25.5. The van der Waals surface area contributed by atoms with Crippen molar-refractivity contribution in [2.24, 2.45) is 5.73 Å². The van der Waals surface area contributed by atoms with Crippen LogP contribution in [0.5, 0.6) is 0 Å². The van der Waals surface area contributed by atoms with Gasteiger partial charge in [-0.1, -0.05) is 81.4 Å². The van der Waals surface area contributed by atoms with Crippen LogP contribution < -0.4 is 26.7 Å². The minimum Gasteiger partial charge on any atom is -0.444 e. The predicted molar refractivity (Wildman–Crippen MR) is 158 cm³/mol. The Kier molecular flexibility index (Phi) is 10.2. The third kappa shape index (κ3) is 7.50. The summed E-state index contributed by atoms with van der Waals surface area (Å²) in [6, 6.07) is 18.3.